The van der Waals surface area contributed by atoms with Crippen LogP contribution in [0.15, 0.2) is 36.7 Å². The van der Waals surface area contributed by atoms with Gasteiger partial charge in [0.15, 0.2) is 0 Å². The summed E-state index contributed by atoms with van der Waals surface area (Å²) >= 11 is 0. The number of imidazole rings is 1. The van der Waals surface area contributed by atoms with E-state index in [0.717, 1.165) is 31.6 Å². The molecule has 0 aliphatic carbocycles. The number of piperidine rings is 1. The first-order chi connectivity index (χ1) is 12.0. The summed E-state index contributed by atoms with van der Waals surface area (Å²) in [6, 6.07) is 5.66. The molecule has 5 nitrogen and oxygen atoms in total. The lowest BCUT2D eigenvalue weighted by atomic mass is 9.98. The van der Waals surface area contributed by atoms with Crippen molar-refractivity contribution in [3.63, 3.8) is 0 Å². The lowest BCUT2D eigenvalue weighted by molar-refractivity contribution is 0.251. The fourth-order valence-corrected chi connectivity index (χ4v) is 4.91. The van der Waals surface area contributed by atoms with Crippen LogP contribution in [-0.2, 0) is 28.7 Å². The molecule has 0 bridgehead atoms. The molecule has 136 valence electrons. The minimum absolute atomic E-state index is 0.0700. The molecular formula is C18H24FN3O2S. The third kappa shape index (κ3) is 4.46. The Morgan fingerprint density at radius 3 is 2.52 bits per heavy atom. The second kappa shape index (κ2) is 7.66. The molecule has 3 rings (SSSR count). The van der Waals surface area contributed by atoms with Gasteiger partial charge in [0.1, 0.15) is 11.6 Å². The average molecular weight is 365 g/mol. The van der Waals surface area contributed by atoms with E-state index in [9.17, 15) is 12.8 Å². The van der Waals surface area contributed by atoms with Crippen LogP contribution in [0.25, 0.3) is 0 Å². The van der Waals surface area contributed by atoms with Gasteiger partial charge in [-0.25, -0.2) is 22.1 Å². The highest BCUT2D eigenvalue weighted by Crippen LogP contribution is 2.23. The number of halogens is 1. The Kier molecular flexibility index (Phi) is 5.54. The van der Waals surface area contributed by atoms with E-state index in [4.69, 9.17) is 0 Å². The van der Waals surface area contributed by atoms with E-state index >= 15 is 0 Å². The monoisotopic (exact) mass is 365 g/mol. The first kappa shape index (κ1) is 18.1. The zero-order chi connectivity index (χ0) is 17.9. The number of benzene rings is 1. The van der Waals surface area contributed by atoms with E-state index < -0.39 is 10.0 Å². The van der Waals surface area contributed by atoms with Gasteiger partial charge in [0.05, 0.1) is 5.75 Å². The predicted molar refractivity (Wildman–Crippen MR) is 94.9 cm³/mol. The van der Waals surface area contributed by atoms with Gasteiger partial charge >= 0.3 is 0 Å². The fraction of sp³-hybridized carbons (Fsp3) is 0.500. The lowest BCUT2D eigenvalue weighted by Gasteiger charge is -2.31. The lowest BCUT2D eigenvalue weighted by Crippen LogP contribution is -2.40. The van der Waals surface area contributed by atoms with Crippen molar-refractivity contribution >= 4 is 10.0 Å². The summed E-state index contributed by atoms with van der Waals surface area (Å²) in [7, 11) is -3.36. The highest BCUT2D eigenvalue weighted by Gasteiger charge is 2.28. The number of aromatic nitrogens is 2. The Labute approximate surface area is 148 Å². The molecule has 0 atom stereocenters. The fourth-order valence-electron chi connectivity index (χ4n) is 3.35. The Bertz CT molecular complexity index is 794. The van der Waals surface area contributed by atoms with Gasteiger partial charge in [-0.05, 0) is 36.5 Å². The third-order valence-corrected chi connectivity index (χ3v) is 6.65. The number of hydrogen-bond acceptors (Lipinski definition) is 3. The van der Waals surface area contributed by atoms with Crippen molar-refractivity contribution in [2.75, 3.05) is 13.1 Å². The Balaban J connectivity index is 1.56. The molecule has 7 heteroatoms. The molecule has 2 heterocycles. The Morgan fingerprint density at radius 1 is 1.20 bits per heavy atom. The molecule has 1 aromatic carbocycles. The minimum atomic E-state index is -3.36. The Hall–Kier alpha value is -1.73. The van der Waals surface area contributed by atoms with Crippen molar-refractivity contribution in [3.05, 3.63) is 53.9 Å². The van der Waals surface area contributed by atoms with Crippen LogP contribution in [0.3, 0.4) is 0 Å². The molecule has 1 aliphatic heterocycles. The van der Waals surface area contributed by atoms with Crippen LogP contribution in [0.5, 0.6) is 0 Å². The first-order valence-corrected chi connectivity index (χ1v) is 10.3. The van der Waals surface area contributed by atoms with E-state index in [0.29, 0.717) is 24.6 Å². The standard InChI is InChI=1S/C18H24FN3O2S/c1-2-18-20-9-12-21(18)13-15-7-10-22(11-8-15)25(23,24)14-16-3-5-17(19)6-4-16/h3-6,9,12,15H,2,7-8,10-11,13-14H2,1H3. The molecule has 2 aromatic rings. The SMILES string of the molecule is CCc1nccn1CC1CCN(S(=O)(=O)Cc2ccc(F)cc2)CC1. The van der Waals surface area contributed by atoms with E-state index in [-0.39, 0.29) is 11.6 Å². The summed E-state index contributed by atoms with van der Waals surface area (Å²) in [5.74, 6) is 1.12. The number of sulfonamides is 1. The van der Waals surface area contributed by atoms with Crippen LogP contribution in [0, 0.1) is 11.7 Å². The molecule has 1 aromatic heterocycles. The molecule has 0 radical (unpaired) electrons. The van der Waals surface area contributed by atoms with E-state index in [1.54, 1.807) is 4.31 Å². The third-order valence-electron chi connectivity index (χ3n) is 4.80. The maximum absolute atomic E-state index is 13.0. The molecule has 0 amide bonds. The summed E-state index contributed by atoms with van der Waals surface area (Å²) in [5, 5.41) is 0. The van der Waals surface area contributed by atoms with Crippen molar-refractivity contribution in [2.24, 2.45) is 5.92 Å². The molecule has 1 saturated heterocycles. The summed E-state index contributed by atoms with van der Waals surface area (Å²) in [6.07, 6.45) is 6.42. The van der Waals surface area contributed by atoms with E-state index in [1.807, 2.05) is 12.4 Å². The van der Waals surface area contributed by atoms with Gasteiger partial charge < -0.3 is 4.57 Å². The van der Waals surface area contributed by atoms with Gasteiger partial charge in [-0.3, -0.25) is 0 Å². The Morgan fingerprint density at radius 2 is 1.88 bits per heavy atom. The molecular weight excluding hydrogens is 341 g/mol. The normalized spacial score (nSPS) is 17.0. The van der Waals surface area contributed by atoms with Crippen LogP contribution >= 0.6 is 0 Å². The smallest absolute Gasteiger partial charge is 0.218 e. The summed E-state index contributed by atoms with van der Waals surface area (Å²) < 4.78 is 41.9. The van der Waals surface area contributed by atoms with Crippen LogP contribution in [-0.4, -0.2) is 35.4 Å². The highest BCUT2D eigenvalue weighted by atomic mass is 32.2. The van der Waals surface area contributed by atoms with Crippen molar-refractivity contribution in [1.29, 1.82) is 0 Å². The zero-order valence-electron chi connectivity index (χ0n) is 14.4. The number of nitrogens with zero attached hydrogens (tertiary/aromatic N) is 3. The van der Waals surface area contributed by atoms with Gasteiger partial charge in [-0.1, -0.05) is 19.1 Å². The average Bonchev–Trinajstić information content (AvgIpc) is 3.04. The van der Waals surface area contributed by atoms with Gasteiger partial charge in [0.2, 0.25) is 10.0 Å². The second-order valence-electron chi connectivity index (χ2n) is 6.57. The van der Waals surface area contributed by atoms with Crippen molar-refractivity contribution in [1.82, 2.24) is 13.9 Å². The molecule has 0 saturated carbocycles. The van der Waals surface area contributed by atoms with E-state index in [2.05, 4.69) is 16.5 Å². The molecule has 1 aliphatic rings. The number of rotatable bonds is 6. The zero-order valence-corrected chi connectivity index (χ0v) is 15.3. The van der Waals surface area contributed by atoms with E-state index in [1.165, 1.54) is 24.3 Å². The van der Waals surface area contributed by atoms with Crippen molar-refractivity contribution < 1.29 is 12.8 Å². The molecule has 0 spiro atoms. The van der Waals surface area contributed by atoms with Crippen LogP contribution in [0.2, 0.25) is 0 Å². The van der Waals surface area contributed by atoms with Gasteiger partial charge in [-0.15, -0.1) is 0 Å². The maximum atomic E-state index is 13.0. The molecule has 25 heavy (non-hydrogen) atoms. The first-order valence-electron chi connectivity index (χ1n) is 8.70. The maximum Gasteiger partial charge on any atom is 0.218 e. The number of aryl methyl sites for hydroxylation is 1. The number of hydrogen-bond donors (Lipinski definition) is 0. The van der Waals surface area contributed by atoms with Crippen LogP contribution in [0.4, 0.5) is 4.39 Å². The topological polar surface area (TPSA) is 55.2 Å². The minimum Gasteiger partial charge on any atom is -0.335 e. The summed E-state index contributed by atoms with van der Waals surface area (Å²) in [4.78, 5) is 4.34. The van der Waals surface area contributed by atoms with Crippen LogP contribution < -0.4 is 0 Å². The van der Waals surface area contributed by atoms with Gasteiger partial charge in [0.25, 0.3) is 0 Å². The molecule has 0 N–H and O–H groups in total. The largest absolute Gasteiger partial charge is 0.335 e. The van der Waals surface area contributed by atoms with Gasteiger partial charge in [-0.2, -0.15) is 0 Å². The highest BCUT2D eigenvalue weighted by molar-refractivity contribution is 7.88. The summed E-state index contributed by atoms with van der Waals surface area (Å²) in [5.41, 5.74) is 0.620. The van der Waals surface area contributed by atoms with Gasteiger partial charge in [0, 0.05) is 38.4 Å². The van der Waals surface area contributed by atoms with Crippen LogP contribution in [0.1, 0.15) is 31.2 Å². The second-order valence-corrected chi connectivity index (χ2v) is 8.54. The molecule has 1 fully saturated rings. The predicted octanol–water partition coefficient (Wildman–Crippen LogP) is 2.83. The summed E-state index contributed by atoms with van der Waals surface area (Å²) in [6.45, 7) is 4.08. The van der Waals surface area contributed by atoms with Crippen molar-refractivity contribution in [2.45, 2.75) is 38.5 Å². The quantitative estimate of drug-likeness (QED) is 0.791. The molecule has 0 unspecified atom stereocenters. The van der Waals surface area contributed by atoms with Crippen molar-refractivity contribution in [3.8, 4) is 0 Å².